The summed E-state index contributed by atoms with van der Waals surface area (Å²) >= 11 is 1.18. The molecule has 4 heterocycles. The number of methoxy groups -OCH3 is 1. The second-order valence-electron chi connectivity index (χ2n) is 10.6. The predicted octanol–water partition coefficient (Wildman–Crippen LogP) is 3.28. The van der Waals surface area contributed by atoms with Gasteiger partial charge in [0.2, 0.25) is 0 Å². The molecule has 3 aliphatic heterocycles. The highest BCUT2D eigenvalue weighted by molar-refractivity contribution is 7.91. The molecule has 5 atom stereocenters. The SMILES string of the molecule is COC1C[C@H]2COC[C@@H](C1)N2C[C@H]1CN(S(=O)(=O)c2cccs2)CCN1c1ccc([C@@](C)(O)C(F)(F)F)cc1. The van der Waals surface area contributed by atoms with E-state index in [2.05, 4.69) is 9.80 Å². The molecule has 0 spiro atoms. The number of sulfonamides is 1. The number of alkyl halides is 3. The van der Waals surface area contributed by atoms with Crippen molar-refractivity contribution in [1.29, 1.82) is 0 Å². The Hall–Kier alpha value is -1.74. The standard InChI is InChI=1S/C26H34F3N3O5S2/c1-25(33,26(27,28)29)18-5-7-19(8-6-18)31-10-9-30(39(34,35)24-4-3-11-38-24)14-22(31)15-32-20-12-23(36-2)13-21(32)17-37-16-20/h3-8,11,20-23,33H,9-10,12-17H2,1-2H3/t20-,21+,22-,23?,25-/m1/s1. The van der Waals surface area contributed by atoms with Crippen LogP contribution < -0.4 is 4.90 Å². The smallest absolute Gasteiger partial charge is 0.381 e. The average molecular weight is 590 g/mol. The van der Waals surface area contributed by atoms with E-state index in [-0.39, 0.29) is 42.9 Å². The monoisotopic (exact) mass is 589 g/mol. The lowest BCUT2D eigenvalue weighted by atomic mass is 9.91. The summed E-state index contributed by atoms with van der Waals surface area (Å²) < 4.78 is 80.2. The third-order valence-electron chi connectivity index (χ3n) is 8.23. The Labute approximate surface area is 231 Å². The van der Waals surface area contributed by atoms with Crippen LogP contribution in [0.25, 0.3) is 0 Å². The first-order valence-electron chi connectivity index (χ1n) is 13.0. The van der Waals surface area contributed by atoms with Gasteiger partial charge < -0.3 is 19.5 Å². The summed E-state index contributed by atoms with van der Waals surface area (Å²) in [5, 5.41) is 11.8. The molecule has 3 saturated heterocycles. The normalized spacial score (nSPS) is 28.8. The summed E-state index contributed by atoms with van der Waals surface area (Å²) in [5.74, 6) is 0. The Morgan fingerprint density at radius 1 is 1.10 bits per heavy atom. The van der Waals surface area contributed by atoms with E-state index in [1.54, 1.807) is 36.8 Å². The van der Waals surface area contributed by atoms with Gasteiger partial charge in [-0.2, -0.15) is 17.5 Å². The molecular formula is C26H34F3N3O5S2. The molecule has 13 heteroatoms. The van der Waals surface area contributed by atoms with Crippen molar-refractivity contribution in [2.24, 2.45) is 0 Å². The largest absolute Gasteiger partial charge is 0.421 e. The van der Waals surface area contributed by atoms with Gasteiger partial charge in [-0.05, 0) is 48.9 Å². The number of morpholine rings is 1. The fourth-order valence-corrected chi connectivity index (χ4v) is 8.51. The van der Waals surface area contributed by atoms with Crippen LogP contribution in [0, 0.1) is 0 Å². The third-order valence-corrected chi connectivity index (χ3v) is 11.5. The maximum atomic E-state index is 13.4. The van der Waals surface area contributed by atoms with Gasteiger partial charge in [-0.15, -0.1) is 11.3 Å². The van der Waals surface area contributed by atoms with Crippen LogP contribution in [0.1, 0.15) is 25.3 Å². The van der Waals surface area contributed by atoms with Crippen LogP contribution in [0.5, 0.6) is 0 Å². The predicted molar refractivity (Wildman–Crippen MR) is 141 cm³/mol. The van der Waals surface area contributed by atoms with E-state index < -0.39 is 21.8 Å². The molecule has 1 N–H and O–H groups in total. The number of hydrogen-bond donors (Lipinski definition) is 1. The van der Waals surface area contributed by atoms with Gasteiger partial charge in [0, 0.05) is 51.1 Å². The van der Waals surface area contributed by atoms with Gasteiger partial charge in [0.15, 0.2) is 5.60 Å². The number of piperazine rings is 1. The van der Waals surface area contributed by atoms with Gasteiger partial charge in [0.05, 0.1) is 25.4 Å². The number of hydrogen-bond acceptors (Lipinski definition) is 8. The molecule has 216 valence electrons. The average Bonchev–Trinajstić information content (AvgIpc) is 3.44. The molecule has 2 bridgehead atoms. The van der Waals surface area contributed by atoms with Crippen LogP contribution >= 0.6 is 11.3 Å². The zero-order valence-electron chi connectivity index (χ0n) is 21.9. The zero-order valence-corrected chi connectivity index (χ0v) is 23.5. The van der Waals surface area contributed by atoms with Crippen molar-refractivity contribution in [3.8, 4) is 0 Å². The molecule has 8 nitrogen and oxygen atoms in total. The number of nitrogens with zero attached hydrogens (tertiary/aromatic N) is 3. The number of aliphatic hydroxyl groups is 1. The number of benzene rings is 1. The molecule has 1 aromatic heterocycles. The number of rotatable bonds is 7. The molecule has 0 aliphatic carbocycles. The van der Waals surface area contributed by atoms with Crippen LogP contribution in [0.3, 0.4) is 0 Å². The van der Waals surface area contributed by atoms with Gasteiger partial charge >= 0.3 is 6.18 Å². The molecule has 3 fully saturated rings. The van der Waals surface area contributed by atoms with E-state index in [1.807, 2.05) is 0 Å². The van der Waals surface area contributed by atoms with E-state index in [0.717, 1.165) is 19.8 Å². The van der Waals surface area contributed by atoms with Gasteiger partial charge in [-0.25, -0.2) is 8.42 Å². The number of ether oxygens (including phenoxy) is 2. The Morgan fingerprint density at radius 3 is 2.33 bits per heavy atom. The lowest BCUT2D eigenvalue weighted by molar-refractivity contribution is -0.258. The van der Waals surface area contributed by atoms with Crippen LogP contribution in [-0.2, 0) is 25.1 Å². The van der Waals surface area contributed by atoms with Crippen LogP contribution in [0.15, 0.2) is 46.0 Å². The maximum Gasteiger partial charge on any atom is 0.421 e. The number of fused-ring (bicyclic) bond motifs is 2. The van der Waals surface area contributed by atoms with Gasteiger partial charge in [-0.3, -0.25) is 4.90 Å². The molecule has 39 heavy (non-hydrogen) atoms. The fourth-order valence-electron chi connectivity index (χ4n) is 5.89. The Kier molecular flexibility index (Phi) is 8.06. The molecular weight excluding hydrogens is 555 g/mol. The second-order valence-corrected chi connectivity index (χ2v) is 13.7. The third kappa shape index (κ3) is 5.59. The van der Waals surface area contributed by atoms with Gasteiger partial charge in [-0.1, -0.05) is 18.2 Å². The van der Waals surface area contributed by atoms with Crippen molar-refractivity contribution < 1.29 is 36.2 Å². The van der Waals surface area contributed by atoms with Crippen molar-refractivity contribution in [2.45, 2.75) is 60.0 Å². The minimum Gasteiger partial charge on any atom is -0.381 e. The first kappa shape index (κ1) is 28.8. The minimum atomic E-state index is -4.81. The molecule has 0 saturated carbocycles. The Balaban J connectivity index is 1.42. The molecule has 0 amide bonds. The Morgan fingerprint density at radius 2 is 1.77 bits per heavy atom. The number of thiophene rings is 1. The summed E-state index contributed by atoms with van der Waals surface area (Å²) in [5.41, 5.74) is -2.53. The molecule has 2 aromatic rings. The highest BCUT2D eigenvalue weighted by Crippen LogP contribution is 2.39. The molecule has 3 aliphatic rings. The summed E-state index contributed by atoms with van der Waals surface area (Å²) in [4.78, 5) is 4.46. The topological polar surface area (TPSA) is 82.6 Å². The van der Waals surface area contributed by atoms with E-state index in [9.17, 15) is 26.7 Å². The maximum absolute atomic E-state index is 13.4. The summed E-state index contributed by atoms with van der Waals surface area (Å²) in [6.07, 6.45) is -3.03. The summed E-state index contributed by atoms with van der Waals surface area (Å²) in [6.45, 7) is 3.33. The second kappa shape index (κ2) is 10.9. The number of halogens is 3. The van der Waals surface area contributed by atoms with Crippen molar-refractivity contribution in [3.05, 3.63) is 47.3 Å². The summed E-state index contributed by atoms with van der Waals surface area (Å²) in [7, 11) is -1.95. The highest BCUT2D eigenvalue weighted by atomic mass is 32.2. The summed E-state index contributed by atoms with van der Waals surface area (Å²) in [6, 6.07) is 9.08. The number of anilines is 1. The molecule has 5 rings (SSSR count). The highest BCUT2D eigenvalue weighted by Gasteiger charge is 2.51. The van der Waals surface area contributed by atoms with E-state index >= 15 is 0 Å². The van der Waals surface area contributed by atoms with Crippen LogP contribution in [0.2, 0.25) is 0 Å². The lowest BCUT2D eigenvalue weighted by Crippen LogP contribution is -2.64. The molecule has 1 unspecified atom stereocenters. The van der Waals surface area contributed by atoms with E-state index in [4.69, 9.17) is 9.47 Å². The lowest BCUT2D eigenvalue weighted by Gasteiger charge is -2.51. The van der Waals surface area contributed by atoms with E-state index in [0.29, 0.717) is 36.2 Å². The number of piperidine rings is 1. The van der Waals surface area contributed by atoms with E-state index in [1.165, 1.54) is 27.8 Å². The first-order chi connectivity index (χ1) is 18.4. The van der Waals surface area contributed by atoms with Crippen LogP contribution in [0.4, 0.5) is 18.9 Å². The van der Waals surface area contributed by atoms with Crippen LogP contribution in [-0.4, -0.2) is 99.6 Å². The van der Waals surface area contributed by atoms with Crippen molar-refractivity contribution in [2.75, 3.05) is 51.4 Å². The minimum absolute atomic E-state index is 0.137. The quantitative estimate of drug-likeness (QED) is 0.531. The van der Waals surface area contributed by atoms with Gasteiger partial charge in [0.1, 0.15) is 4.21 Å². The molecule has 1 aromatic carbocycles. The van der Waals surface area contributed by atoms with Crippen molar-refractivity contribution in [3.63, 3.8) is 0 Å². The van der Waals surface area contributed by atoms with Gasteiger partial charge in [0.25, 0.3) is 10.0 Å². The fraction of sp³-hybridized carbons (Fsp3) is 0.615. The van der Waals surface area contributed by atoms with Crippen molar-refractivity contribution >= 4 is 27.0 Å². The van der Waals surface area contributed by atoms with Crippen molar-refractivity contribution in [1.82, 2.24) is 9.21 Å². The zero-order chi connectivity index (χ0) is 28.0. The Bertz CT molecular complexity index is 1210. The molecule has 0 radical (unpaired) electrons. The first-order valence-corrected chi connectivity index (χ1v) is 15.3.